The fraction of sp³-hybridized carbons (Fsp3) is 0.0556. The van der Waals surface area contributed by atoms with Gasteiger partial charge >= 0.3 is 5.69 Å². The van der Waals surface area contributed by atoms with Crippen LogP contribution in [0.1, 0.15) is 5.56 Å². The monoisotopic (exact) mass is 365 g/mol. The molecule has 1 aromatic heterocycles. The molecule has 1 amide bonds. The molecule has 3 rings (SSSR count). The Kier molecular flexibility index (Phi) is 5.53. The number of nitro groups is 1. The van der Waals surface area contributed by atoms with Crippen molar-refractivity contribution in [1.82, 2.24) is 15.6 Å². The zero-order chi connectivity index (χ0) is 19.1. The molecule has 3 aromatic rings. The number of hydrogen-bond donors (Lipinski definition) is 2. The first-order valence-corrected chi connectivity index (χ1v) is 7.92. The van der Waals surface area contributed by atoms with Crippen LogP contribution in [0.5, 0.6) is 5.75 Å². The third-order valence-electron chi connectivity index (χ3n) is 3.54. The van der Waals surface area contributed by atoms with Gasteiger partial charge in [-0.15, -0.1) is 0 Å². The molecule has 0 aliphatic heterocycles. The molecule has 0 atom stereocenters. The van der Waals surface area contributed by atoms with E-state index in [1.807, 2.05) is 30.3 Å². The molecule has 136 valence electrons. The predicted octanol–water partition coefficient (Wildman–Crippen LogP) is 2.51. The van der Waals surface area contributed by atoms with Gasteiger partial charge in [0.15, 0.2) is 12.4 Å². The first-order chi connectivity index (χ1) is 13.1. The molecule has 0 aliphatic rings. The van der Waals surface area contributed by atoms with Crippen LogP contribution in [-0.4, -0.2) is 33.8 Å². The third kappa shape index (κ3) is 4.54. The van der Waals surface area contributed by atoms with Crippen molar-refractivity contribution in [2.24, 2.45) is 5.10 Å². The summed E-state index contributed by atoms with van der Waals surface area (Å²) in [7, 11) is 0. The zero-order valence-electron chi connectivity index (χ0n) is 14.0. The van der Waals surface area contributed by atoms with Crippen molar-refractivity contribution in [2.45, 2.75) is 0 Å². The Bertz CT molecular complexity index is 969. The molecule has 2 N–H and O–H groups in total. The van der Waals surface area contributed by atoms with Crippen LogP contribution in [0.25, 0.3) is 11.3 Å². The molecule has 0 spiro atoms. The number of H-pyrrole nitrogens is 1. The van der Waals surface area contributed by atoms with Gasteiger partial charge in [-0.25, -0.2) is 5.43 Å². The number of carbonyl (C=O) groups is 1. The van der Waals surface area contributed by atoms with Crippen molar-refractivity contribution in [3.63, 3.8) is 0 Å². The van der Waals surface area contributed by atoms with E-state index in [1.165, 1.54) is 24.4 Å². The highest BCUT2D eigenvalue weighted by Crippen LogP contribution is 2.25. The molecule has 0 unspecified atom stereocenters. The molecule has 9 nitrogen and oxygen atoms in total. The number of hydrazone groups is 1. The van der Waals surface area contributed by atoms with Crippen molar-refractivity contribution >= 4 is 17.8 Å². The van der Waals surface area contributed by atoms with E-state index in [0.29, 0.717) is 5.56 Å². The second kappa shape index (κ2) is 8.39. The molecule has 9 heteroatoms. The molecule has 0 saturated carbocycles. The number of carbonyl (C=O) groups excluding carboxylic acids is 1. The Balaban J connectivity index is 1.58. The molecule has 2 aromatic carbocycles. The number of amides is 1. The molecule has 1 heterocycles. The van der Waals surface area contributed by atoms with Gasteiger partial charge in [0, 0.05) is 17.2 Å². The van der Waals surface area contributed by atoms with Crippen molar-refractivity contribution in [1.29, 1.82) is 0 Å². The normalized spacial score (nSPS) is 10.7. The van der Waals surface area contributed by atoms with E-state index < -0.39 is 17.4 Å². The predicted molar refractivity (Wildman–Crippen MR) is 98.4 cm³/mol. The maximum atomic E-state index is 11.8. The molecule has 0 fully saturated rings. The van der Waals surface area contributed by atoms with Gasteiger partial charge in [-0.1, -0.05) is 42.5 Å². The Labute approximate surface area is 153 Å². The number of aromatic nitrogens is 2. The van der Waals surface area contributed by atoms with Gasteiger partial charge in [-0.05, 0) is 6.07 Å². The number of nitro benzene ring substituents is 1. The molecule has 0 bridgehead atoms. The summed E-state index contributed by atoms with van der Waals surface area (Å²) >= 11 is 0. The lowest BCUT2D eigenvalue weighted by Crippen LogP contribution is -2.24. The molecule has 27 heavy (non-hydrogen) atoms. The standard InChI is InChI=1S/C18H15N5O4/c24-17(12-27-16-9-5-4-8-15(16)23(25)26)21-19-10-14-11-20-22-18(14)13-6-2-1-3-7-13/h1-11H,12H2,(H,20,22)(H,21,24)/b19-10-. The van der Waals surface area contributed by atoms with E-state index in [0.717, 1.165) is 11.3 Å². The summed E-state index contributed by atoms with van der Waals surface area (Å²) in [6.45, 7) is -0.404. The number of ether oxygens (including phenoxy) is 1. The lowest BCUT2D eigenvalue weighted by Gasteiger charge is -2.05. The van der Waals surface area contributed by atoms with Crippen LogP contribution in [0, 0.1) is 10.1 Å². The Morgan fingerprint density at radius 3 is 2.74 bits per heavy atom. The Morgan fingerprint density at radius 1 is 1.22 bits per heavy atom. The molecule has 0 aliphatic carbocycles. The van der Waals surface area contributed by atoms with Gasteiger partial charge in [0.05, 0.1) is 23.0 Å². The number of aromatic amines is 1. The second-order valence-corrected chi connectivity index (χ2v) is 5.37. The van der Waals surface area contributed by atoms with Crippen molar-refractivity contribution in [3.05, 3.63) is 76.5 Å². The number of rotatable bonds is 7. The van der Waals surface area contributed by atoms with E-state index in [-0.39, 0.29) is 11.4 Å². The maximum absolute atomic E-state index is 11.8. The highest BCUT2D eigenvalue weighted by atomic mass is 16.6. The van der Waals surface area contributed by atoms with Crippen molar-refractivity contribution < 1.29 is 14.5 Å². The van der Waals surface area contributed by atoms with Crippen LogP contribution in [-0.2, 0) is 4.79 Å². The number of para-hydroxylation sites is 2. The summed E-state index contributed by atoms with van der Waals surface area (Å²) in [6.07, 6.45) is 3.04. The van der Waals surface area contributed by atoms with Crippen molar-refractivity contribution in [3.8, 4) is 17.0 Å². The molecule has 0 saturated heterocycles. The van der Waals surface area contributed by atoms with Crippen LogP contribution >= 0.6 is 0 Å². The van der Waals surface area contributed by atoms with Crippen LogP contribution < -0.4 is 10.2 Å². The highest BCUT2D eigenvalue weighted by Gasteiger charge is 2.14. The number of nitrogens with one attached hydrogen (secondary N) is 2. The molecular weight excluding hydrogens is 350 g/mol. The van der Waals surface area contributed by atoms with Crippen LogP contribution in [0.4, 0.5) is 5.69 Å². The number of nitrogens with zero attached hydrogens (tertiary/aromatic N) is 3. The summed E-state index contributed by atoms with van der Waals surface area (Å²) < 4.78 is 5.19. The molecular formula is C18H15N5O4. The summed E-state index contributed by atoms with van der Waals surface area (Å²) in [5.41, 5.74) is 4.50. The third-order valence-corrected chi connectivity index (χ3v) is 3.54. The minimum atomic E-state index is -0.574. The van der Waals surface area contributed by atoms with Gasteiger partial charge in [0.25, 0.3) is 5.91 Å². The average Bonchev–Trinajstić information content (AvgIpc) is 3.16. The second-order valence-electron chi connectivity index (χ2n) is 5.37. The average molecular weight is 365 g/mol. The lowest BCUT2D eigenvalue weighted by molar-refractivity contribution is -0.385. The Morgan fingerprint density at radius 2 is 1.96 bits per heavy atom. The zero-order valence-corrected chi connectivity index (χ0v) is 14.0. The van der Waals surface area contributed by atoms with Crippen LogP contribution in [0.2, 0.25) is 0 Å². The fourth-order valence-electron chi connectivity index (χ4n) is 2.31. The quantitative estimate of drug-likeness (QED) is 0.378. The largest absolute Gasteiger partial charge is 0.477 e. The number of hydrogen-bond acceptors (Lipinski definition) is 6. The van der Waals surface area contributed by atoms with Crippen LogP contribution in [0.15, 0.2) is 65.9 Å². The van der Waals surface area contributed by atoms with E-state index >= 15 is 0 Å². The summed E-state index contributed by atoms with van der Waals surface area (Å²) in [4.78, 5) is 22.2. The SMILES string of the molecule is O=C(COc1ccccc1[N+](=O)[O-])N/N=C\c1cn[nH]c1-c1ccccc1. The van der Waals surface area contributed by atoms with Gasteiger partial charge < -0.3 is 4.74 Å². The minimum Gasteiger partial charge on any atom is -0.477 e. The van der Waals surface area contributed by atoms with E-state index in [2.05, 4.69) is 20.7 Å². The van der Waals surface area contributed by atoms with E-state index in [4.69, 9.17) is 4.74 Å². The number of benzene rings is 2. The summed E-state index contributed by atoms with van der Waals surface area (Å²) in [5, 5.41) is 21.6. The van der Waals surface area contributed by atoms with Crippen LogP contribution in [0.3, 0.4) is 0 Å². The van der Waals surface area contributed by atoms with E-state index in [9.17, 15) is 14.9 Å². The van der Waals surface area contributed by atoms with Gasteiger partial charge in [-0.2, -0.15) is 10.2 Å². The van der Waals surface area contributed by atoms with Gasteiger partial charge in [0.2, 0.25) is 0 Å². The first kappa shape index (κ1) is 17.8. The topological polar surface area (TPSA) is 123 Å². The lowest BCUT2D eigenvalue weighted by atomic mass is 10.1. The first-order valence-electron chi connectivity index (χ1n) is 7.92. The Hall–Kier alpha value is -4.01. The maximum Gasteiger partial charge on any atom is 0.310 e. The molecule has 0 radical (unpaired) electrons. The smallest absolute Gasteiger partial charge is 0.310 e. The fourth-order valence-corrected chi connectivity index (χ4v) is 2.31. The van der Waals surface area contributed by atoms with Crippen molar-refractivity contribution in [2.75, 3.05) is 6.61 Å². The van der Waals surface area contributed by atoms with Gasteiger partial charge in [0.1, 0.15) is 0 Å². The van der Waals surface area contributed by atoms with E-state index in [1.54, 1.807) is 12.3 Å². The highest BCUT2D eigenvalue weighted by molar-refractivity contribution is 5.89. The minimum absolute atomic E-state index is 0.0165. The summed E-state index contributed by atoms with van der Waals surface area (Å²) in [6, 6.07) is 15.4. The van der Waals surface area contributed by atoms with Gasteiger partial charge in [-0.3, -0.25) is 20.0 Å². The summed E-state index contributed by atoms with van der Waals surface area (Å²) in [5.74, 6) is -0.531.